The Morgan fingerprint density at radius 1 is 0.679 bits per heavy atom. The lowest BCUT2D eigenvalue weighted by Crippen LogP contribution is -2.13. The molecule has 0 aliphatic heterocycles. The smallest absolute Gasteiger partial charge is 0.393 e. The first-order valence-corrected chi connectivity index (χ1v) is 6.95. The van der Waals surface area contributed by atoms with Crippen molar-refractivity contribution in [2.75, 3.05) is 11.5 Å². The summed E-state index contributed by atoms with van der Waals surface area (Å²) < 4.78 is 80.1. The third kappa shape index (κ3) is 3.74. The van der Waals surface area contributed by atoms with Crippen molar-refractivity contribution >= 4 is 22.7 Å². The minimum atomic E-state index is -5.27. The van der Waals surface area contributed by atoms with Crippen LogP contribution in [-0.2, 0) is 12.4 Å². The van der Waals surface area contributed by atoms with Gasteiger partial charge in [0.05, 0.1) is 21.0 Å². The topological polar surface area (TPSA) is 138 Å². The van der Waals surface area contributed by atoms with Gasteiger partial charge in [-0.3, -0.25) is 20.2 Å². The number of nitrogens with two attached hydrogens (primary N) is 2. The second-order valence-electron chi connectivity index (χ2n) is 5.42. The summed E-state index contributed by atoms with van der Waals surface area (Å²) in [4.78, 5) is 19.5. The third-order valence-corrected chi connectivity index (χ3v) is 3.63. The van der Waals surface area contributed by atoms with Crippen LogP contribution in [0, 0.1) is 20.2 Å². The number of nitro groups is 2. The molecule has 0 aliphatic rings. The van der Waals surface area contributed by atoms with Crippen molar-refractivity contribution in [2.45, 2.75) is 12.4 Å². The number of benzene rings is 2. The highest BCUT2D eigenvalue weighted by molar-refractivity contribution is 5.82. The van der Waals surface area contributed by atoms with Gasteiger partial charge in [-0.15, -0.1) is 0 Å². The Morgan fingerprint density at radius 3 is 1.18 bits per heavy atom. The maximum absolute atomic E-state index is 13.3. The lowest BCUT2D eigenvalue weighted by molar-refractivity contribution is -0.384. The Hall–Kier alpha value is -3.58. The molecule has 4 N–H and O–H groups in total. The number of anilines is 2. The second-order valence-corrected chi connectivity index (χ2v) is 5.42. The summed E-state index contributed by atoms with van der Waals surface area (Å²) in [6.45, 7) is 0. The zero-order valence-electron chi connectivity index (χ0n) is 13.3. The van der Waals surface area contributed by atoms with Gasteiger partial charge in [0.15, 0.2) is 0 Å². The fourth-order valence-corrected chi connectivity index (χ4v) is 2.44. The van der Waals surface area contributed by atoms with Crippen LogP contribution in [0.4, 0.5) is 49.1 Å². The summed E-state index contributed by atoms with van der Waals surface area (Å²) in [7, 11) is 0. The summed E-state index contributed by atoms with van der Waals surface area (Å²) in [5.41, 5.74) is 0.232. The number of nitrogen functional groups attached to an aromatic ring is 2. The molecule has 2 aromatic carbocycles. The summed E-state index contributed by atoms with van der Waals surface area (Å²) in [6, 6.07) is 0.552. The fraction of sp³-hybridized carbons (Fsp3) is 0.143. The van der Waals surface area contributed by atoms with Crippen molar-refractivity contribution < 1.29 is 36.2 Å². The normalized spacial score (nSPS) is 12.1. The number of alkyl halides is 6. The van der Waals surface area contributed by atoms with Crippen LogP contribution in [0.15, 0.2) is 24.3 Å². The summed E-state index contributed by atoms with van der Waals surface area (Å²) in [5.74, 6) is 0. The second kappa shape index (κ2) is 6.54. The van der Waals surface area contributed by atoms with Crippen LogP contribution in [-0.4, -0.2) is 9.85 Å². The molecule has 0 unspecified atom stereocenters. The Morgan fingerprint density at radius 2 is 0.964 bits per heavy atom. The molecule has 0 bridgehead atoms. The highest BCUT2D eigenvalue weighted by Crippen LogP contribution is 2.47. The van der Waals surface area contributed by atoms with Gasteiger partial charge in [0.25, 0.3) is 11.4 Å². The van der Waals surface area contributed by atoms with E-state index in [0.717, 1.165) is 0 Å². The minimum Gasteiger partial charge on any atom is -0.393 e. The van der Waals surface area contributed by atoms with Crippen LogP contribution in [0.1, 0.15) is 11.1 Å². The zero-order chi connectivity index (χ0) is 21.6. The molecular weight excluding hydrogens is 402 g/mol. The molecule has 2 rings (SSSR count). The zero-order valence-corrected chi connectivity index (χ0v) is 13.3. The standard InChI is InChI=1S/C14H8F6N4O4/c15-13(16,17)7-3-9(21)11(23(25)26)1-5(7)6-2-12(24(27)28)10(22)4-8(6)14(18,19)20/h1-4H,21-22H2. The Bertz CT molecular complexity index is 908. The molecule has 0 atom stereocenters. The van der Waals surface area contributed by atoms with Gasteiger partial charge in [-0.2, -0.15) is 26.3 Å². The Labute approximate surface area is 150 Å². The molecule has 150 valence electrons. The van der Waals surface area contributed by atoms with Gasteiger partial charge in [0.2, 0.25) is 0 Å². The van der Waals surface area contributed by atoms with Crippen molar-refractivity contribution in [3.8, 4) is 11.1 Å². The minimum absolute atomic E-state index is 0.0931. The Kier molecular flexibility index (Phi) is 4.84. The van der Waals surface area contributed by atoms with Crippen LogP contribution in [0.2, 0.25) is 0 Å². The molecule has 0 aliphatic carbocycles. The van der Waals surface area contributed by atoms with Crippen molar-refractivity contribution in [1.82, 2.24) is 0 Å². The highest BCUT2D eigenvalue weighted by atomic mass is 19.4. The number of nitro benzene ring substituents is 2. The lowest BCUT2D eigenvalue weighted by atomic mass is 9.92. The predicted octanol–water partition coefficient (Wildman–Crippen LogP) is 4.37. The summed E-state index contributed by atoms with van der Waals surface area (Å²) in [6.07, 6.45) is -10.5. The maximum Gasteiger partial charge on any atom is 0.417 e. The first-order valence-electron chi connectivity index (χ1n) is 6.95. The van der Waals surface area contributed by atoms with E-state index in [1.165, 1.54) is 0 Å². The van der Waals surface area contributed by atoms with Crippen molar-refractivity contribution in [2.24, 2.45) is 0 Å². The molecule has 14 heteroatoms. The molecule has 0 saturated carbocycles. The molecule has 2 aromatic rings. The molecule has 0 saturated heterocycles. The van der Waals surface area contributed by atoms with Crippen molar-refractivity contribution in [1.29, 1.82) is 0 Å². The van der Waals surface area contributed by atoms with Crippen LogP contribution in [0.3, 0.4) is 0 Å². The fourth-order valence-electron chi connectivity index (χ4n) is 2.44. The van der Waals surface area contributed by atoms with Gasteiger partial charge in [-0.1, -0.05) is 0 Å². The number of hydrogen-bond acceptors (Lipinski definition) is 6. The average Bonchev–Trinajstić information content (AvgIpc) is 2.52. The highest BCUT2D eigenvalue weighted by Gasteiger charge is 2.41. The van der Waals surface area contributed by atoms with E-state index in [4.69, 9.17) is 11.5 Å². The summed E-state index contributed by atoms with van der Waals surface area (Å²) >= 11 is 0. The largest absolute Gasteiger partial charge is 0.417 e. The van der Waals surface area contributed by atoms with Crippen LogP contribution >= 0.6 is 0 Å². The van der Waals surface area contributed by atoms with E-state index in [0.29, 0.717) is 0 Å². The van der Waals surface area contributed by atoms with E-state index in [2.05, 4.69) is 0 Å². The van der Waals surface area contributed by atoms with Gasteiger partial charge in [0.1, 0.15) is 11.4 Å². The van der Waals surface area contributed by atoms with Crippen LogP contribution in [0.25, 0.3) is 11.1 Å². The van der Waals surface area contributed by atoms with E-state index in [1.54, 1.807) is 0 Å². The van der Waals surface area contributed by atoms with Crippen molar-refractivity contribution in [3.05, 3.63) is 55.6 Å². The maximum atomic E-state index is 13.3. The molecule has 0 fully saturated rings. The quantitative estimate of drug-likeness (QED) is 0.333. The first-order chi connectivity index (χ1) is 12.6. The lowest BCUT2D eigenvalue weighted by Gasteiger charge is -2.18. The van der Waals surface area contributed by atoms with E-state index >= 15 is 0 Å². The number of hydrogen-bond donors (Lipinski definition) is 2. The van der Waals surface area contributed by atoms with Gasteiger partial charge in [-0.05, 0) is 12.1 Å². The van der Waals surface area contributed by atoms with Gasteiger partial charge in [0, 0.05) is 23.3 Å². The summed E-state index contributed by atoms with van der Waals surface area (Å²) in [5, 5.41) is 21.9. The number of rotatable bonds is 3. The monoisotopic (exact) mass is 410 g/mol. The van der Waals surface area contributed by atoms with E-state index in [1.807, 2.05) is 0 Å². The number of nitrogens with zero attached hydrogens (tertiary/aromatic N) is 2. The van der Waals surface area contributed by atoms with E-state index in [9.17, 15) is 46.6 Å². The molecule has 0 heterocycles. The molecule has 0 radical (unpaired) electrons. The van der Waals surface area contributed by atoms with Crippen LogP contribution in [0.5, 0.6) is 0 Å². The number of halogens is 6. The molecule has 0 spiro atoms. The van der Waals surface area contributed by atoms with Gasteiger partial charge in [-0.25, -0.2) is 0 Å². The molecule has 28 heavy (non-hydrogen) atoms. The van der Waals surface area contributed by atoms with E-state index in [-0.39, 0.29) is 24.3 Å². The Balaban J connectivity index is 3.04. The van der Waals surface area contributed by atoms with Gasteiger partial charge < -0.3 is 11.5 Å². The SMILES string of the molecule is Nc1cc(C(F)(F)F)c(-c2cc([N+](=O)[O-])c(N)cc2C(F)(F)F)cc1[N+](=O)[O-]. The van der Waals surface area contributed by atoms with E-state index < -0.39 is 67.2 Å². The third-order valence-electron chi connectivity index (χ3n) is 3.63. The first kappa shape index (κ1) is 20.7. The van der Waals surface area contributed by atoms with Gasteiger partial charge >= 0.3 is 12.4 Å². The predicted molar refractivity (Wildman–Crippen MR) is 84.0 cm³/mol. The van der Waals surface area contributed by atoms with Crippen LogP contribution < -0.4 is 11.5 Å². The van der Waals surface area contributed by atoms with Crippen molar-refractivity contribution in [3.63, 3.8) is 0 Å². The molecule has 0 amide bonds. The molecular formula is C14H8F6N4O4. The molecule has 8 nitrogen and oxygen atoms in total. The molecule has 0 aromatic heterocycles. The average molecular weight is 410 g/mol.